The number of methoxy groups -OCH3 is 2. The first-order valence-corrected chi connectivity index (χ1v) is 9.16. The van der Waals surface area contributed by atoms with E-state index in [9.17, 15) is 18.0 Å². The predicted octanol–water partition coefficient (Wildman–Crippen LogP) is 5.03. The van der Waals surface area contributed by atoms with E-state index in [1.165, 1.54) is 24.3 Å². The topological polar surface area (TPSA) is 44.8 Å². The summed E-state index contributed by atoms with van der Waals surface area (Å²) in [6.45, 7) is 5.47. The lowest BCUT2D eigenvalue weighted by Crippen LogP contribution is -2.52. The molecule has 1 rings (SSSR count). The molecule has 0 aliphatic rings. The second-order valence-electron chi connectivity index (χ2n) is 6.93. The van der Waals surface area contributed by atoms with E-state index < -0.39 is 23.9 Å². The molecule has 0 bridgehead atoms. The highest BCUT2D eigenvalue weighted by Crippen LogP contribution is 2.43. The molecule has 28 heavy (non-hydrogen) atoms. The largest absolute Gasteiger partial charge is 0.459 e. The van der Waals surface area contributed by atoms with Gasteiger partial charge in [-0.1, -0.05) is 56.3 Å². The molecule has 4 nitrogen and oxygen atoms in total. The van der Waals surface area contributed by atoms with E-state index in [2.05, 4.69) is 0 Å². The van der Waals surface area contributed by atoms with Crippen LogP contribution in [0.15, 0.2) is 42.5 Å². The zero-order valence-electron chi connectivity index (χ0n) is 17.0. The highest BCUT2D eigenvalue weighted by Gasteiger charge is 2.64. The van der Waals surface area contributed by atoms with Crippen LogP contribution in [-0.4, -0.2) is 38.6 Å². The summed E-state index contributed by atoms with van der Waals surface area (Å²) >= 11 is 0. The monoisotopic (exact) mass is 402 g/mol. The predicted molar refractivity (Wildman–Crippen MR) is 101 cm³/mol. The molecule has 0 radical (unpaired) electrons. The van der Waals surface area contributed by atoms with Crippen molar-refractivity contribution in [2.75, 3.05) is 14.2 Å². The van der Waals surface area contributed by atoms with E-state index in [1.807, 2.05) is 13.0 Å². The summed E-state index contributed by atoms with van der Waals surface area (Å²) in [5, 5.41) is 0. The minimum Gasteiger partial charge on any atom is -0.459 e. The summed E-state index contributed by atoms with van der Waals surface area (Å²) in [5.74, 6) is -1.64. The molecular weight excluding hydrogens is 373 g/mol. The van der Waals surface area contributed by atoms with Crippen molar-refractivity contribution in [2.45, 2.75) is 57.6 Å². The van der Waals surface area contributed by atoms with Gasteiger partial charge in [0.05, 0.1) is 6.10 Å². The molecule has 0 aliphatic heterocycles. The molecule has 0 N–H and O–H groups in total. The fraction of sp³-hybridized carbons (Fsp3) is 0.571. The van der Waals surface area contributed by atoms with Crippen molar-refractivity contribution in [3.63, 3.8) is 0 Å². The molecule has 0 spiro atoms. The number of halogens is 3. The zero-order valence-corrected chi connectivity index (χ0v) is 17.0. The van der Waals surface area contributed by atoms with Crippen LogP contribution in [0.1, 0.15) is 39.2 Å². The van der Waals surface area contributed by atoms with Gasteiger partial charge in [0, 0.05) is 26.2 Å². The van der Waals surface area contributed by atoms with Crippen LogP contribution in [0, 0.1) is 5.92 Å². The second kappa shape index (κ2) is 10.6. The Balaban J connectivity index is 3.07. The van der Waals surface area contributed by atoms with Crippen LogP contribution < -0.4 is 0 Å². The van der Waals surface area contributed by atoms with E-state index in [4.69, 9.17) is 14.2 Å². The Morgan fingerprint density at radius 1 is 1.04 bits per heavy atom. The van der Waals surface area contributed by atoms with Crippen molar-refractivity contribution in [1.82, 2.24) is 0 Å². The molecule has 158 valence electrons. The molecular formula is C21H29F3O4. The molecule has 1 aromatic rings. The fourth-order valence-corrected chi connectivity index (χ4v) is 2.68. The van der Waals surface area contributed by atoms with E-state index in [0.29, 0.717) is 12.8 Å². The number of alkyl halides is 3. The minimum atomic E-state index is -4.98. The maximum Gasteiger partial charge on any atom is 0.432 e. The van der Waals surface area contributed by atoms with Crippen LogP contribution in [0.2, 0.25) is 0 Å². The van der Waals surface area contributed by atoms with Crippen LogP contribution in [-0.2, 0) is 24.6 Å². The van der Waals surface area contributed by atoms with Crippen molar-refractivity contribution in [1.29, 1.82) is 0 Å². The Kier molecular flexibility index (Phi) is 9.17. The number of carbonyl (C=O) groups is 1. The molecule has 0 unspecified atom stereocenters. The third-order valence-electron chi connectivity index (χ3n) is 4.58. The van der Waals surface area contributed by atoms with Crippen molar-refractivity contribution >= 4 is 5.97 Å². The van der Waals surface area contributed by atoms with Crippen molar-refractivity contribution in [3.8, 4) is 0 Å². The number of benzene rings is 1. The zero-order chi connectivity index (χ0) is 21.4. The average molecular weight is 402 g/mol. The Hall–Kier alpha value is -1.86. The van der Waals surface area contributed by atoms with Crippen molar-refractivity contribution in [3.05, 3.63) is 48.0 Å². The van der Waals surface area contributed by atoms with Gasteiger partial charge in [0.2, 0.25) is 0 Å². The Morgan fingerprint density at radius 3 is 2.07 bits per heavy atom. The minimum absolute atomic E-state index is 0.0285. The Bertz CT molecular complexity index is 628. The van der Waals surface area contributed by atoms with Crippen molar-refractivity contribution < 1.29 is 32.2 Å². The third kappa shape index (κ3) is 5.82. The van der Waals surface area contributed by atoms with Gasteiger partial charge in [0.1, 0.15) is 6.10 Å². The van der Waals surface area contributed by atoms with E-state index >= 15 is 0 Å². The molecule has 0 saturated heterocycles. The van der Waals surface area contributed by atoms with Crippen LogP contribution in [0.4, 0.5) is 13.2 Å². The average Bonchev–Trinajstić information content (AvgIpc) is 2.64. The molecule has 7 heteroatoms. The van der Waals surface area contributed by atoms with E-state index in [1.54, 1.807) is 33.1 Å². The summed E-state index contributed by atoms with van der Waals surface area (Å²) in [4.78, 5) is 12.7. The van der Waals surface area contributed by atoms with Gasteiger partial charge in [-0.3, -0.25) is 0 Å². The first-order valence-electron chi connectivity index (χ1n) is 9.16. The van der Waals surface area contributed by atoms with Gasteiger partial charge < -0.3 is 14.2 Å². The van der Waals surface area contributed by atoms with Crippen molar-refractivity contribution in [2.24, 2.45) is 5.92 Å². The molecule has 0 fully saturated rings. The Labute approximate surface area is 164 Å². The number of hydrogen-bond donors (Lipinski definition) is 0. The molecule has 0 amide bonds. The van der Waals surface area contributed by atoms with Gasteiger partial charge >= 0.3 is 12.1 Å². The molecule has 0 aliphatic carbocycles. The number of hydrogen-bond acceptors (Lipinski definition) is 4. The Morgan fingerprint density at radius 2 is 1.61 bits per heavy atom. The molecule has 0 aromatic heterocycles. The lowest BCUT2D eigenvalue weighted by atomic mass is 9.92. The van der Waals surface area contributed by atoms with Gasteiger partial charge in [-0.2, -0.15) is 13.2 Å². The molecule has 3 atom stereocenters. The highest BCUT2D eigenvalue weighted by atomic mass is 19.4. The number of ether oxygens (including phenoxy) is 3. The summed E-state index contributed by atoms with van der Waals surface area (Å²) in [6.07, 6.45) is -1.07. The third-order valence-corrected chi connectivity index (χ3v) is 4.58. The SMILES string of the molecule is CO[C@H](C)C/C=C\C[C@@H](OC(=O)[C@](OC)(c1ccccc1)C(F)(F)F)C(C)C. The van der Waals surface area contributed by atoms with Crippen LogP contribution in [0.3, 0.4) is 0 Å². The lowest BCUT2D eigenvalue weighted by molar-refractivity contribution is -0.278. The smallest absolute Gasteiger partial charge is 0.432 e. The normalized spacial score (nSPS) is 16.8. The fourth-order valence-electron chi connectivity index (χ4n) is 2.68. The van der Waals surface area contributed by atoms with E-state index in [-0.39, 0.29) is 17.6 Å². The second-order valence-corrected chi connectivity index (χ2v) is 6.93. The van der Waals surface area contributed by atoms with Crippen LogP contribution in [0.5, 0.6) is 0 Å². The van der Waals surface area contributed by atoms with Gasteiger partial charge in [0.15, 0.2) is 0 Å². The molecule has 0 heterocycles. The lowest BCUT2D eigenvalue weighted by Gasteiger charge is -2.34. The molecule has 1 aromatic carbocycles. The van der Waals surface area contributed by atoms with Gasteiger partial charge in [0.25, 0.3) is 5.60 Å². The maximum absolute atomic E-state index is 13.9. The first kappa shape index (κ1) is 24.2. The van der Waals surface area contributed by atoms with E-state index in [0.717, 1.165) is 7.11 Å². The maximum atomic E-state index is 13.9. The summed E-state index contributed by atoms with van der Waals surface area (Å²) in [7, 11) is 2.46. The number of esters is 1. The standard InChI is InChI=1S/C21H29F3O4/c1-15(2)18(14-10-9-11-16(3)26-4)28-19(25)20(27-5,21(22,23)24)17-12-7-6-8-13-17/h6-10,12-13,15-16,18H,11,14H2,1-5H3/b10-9-/t16-,18-,20-/m1/s1. The summed E-state index contributed by atoms with van der Waals surface area (Å²) in [6, 6.07) is 6.81. The number of carbonyl (C=O) groups excluding carboxylic acids is 1. The summed E-state index contributed by atoms with van der Waals surface area (Å²) in [5.41, 5.74) is -3.49. The first-order chi connectivity index (χ1) is 13.1. The van der Waals surface area contributed by atoms with Crippen LogP contribution >= 0.6 is 0 Å². The van der Waals surface area contributed by atoms with Gasteiger partial charge in [-0.05, 0) is 19.3 Å². The van der Waals surface area contributed by atoms with Crippen LogP contribution in [0.25, 0.3) is 0 Å². The van der Waals surface area contributed by atoms with Gasteiger partial charge in [-0.25, -0.2) is 4.79 Å². The highest BCUT2D eigenvalue weighted by molar-refractivity contribution is 5.82. The molecule has 0 saturated carbocycles. The summed E-state index contributed by atoms with van der Waals surface area (Å²) < 4.78 is 57.1. The van der Waals surface area contributed by atoms with Gasteiger partial charge in [-0.15, -0.1) is 0 Å². The quantitative estimate of drug-likeness (QED) is 0.407. The number of rotatable bonds is 10.